The Morgan fingerprint density at radius 3 is 1.97 bits per heavy atom. The zero-order chi connectivity index (χ0) is 22.2. The smallest absolute Gasteiger partial charge is 0.335 e. The lowest BCUT2D eigenvalue weighted by atomic mass is 9.97. The number of carbonyl (C=O) groups excluding carboxylic acids is 1. The Morgan fingerprint density at radius 2 is 1.57 bits per heavy atom. The lowest BCUT2D eigenvalue weighted by Gasteiger charge is -2.43. The molecule has 2 atom stereocenters. The summed E-state index contributed by atoms with van der Waals surface area (Å²) in [5.74, 6) is -0.993. The molecule has 0 heterocycles. The fourth-order valence-electron chi connectivity index (χ4n) is 4.01. The molecule has 0 saturated carbocycles. The van der Waals surface area contributed by atoms with Gasteiger partial charge in [-0.2, -0.15) is 0 Å². The minimum absolute atomic E-state index is 0.0843. The molecule has 162 valence electrons. The summed E-state index contributed by atoms with van der Waals surface area (Å²) < 4.78 is 11.5. The molecule has 5 heteroatoms. The molecule has 0 saturated heterocycles. The Labute approximate surface area is 181 Å². The van der Waals surface area contributed by atoms with Gasteiger partial charge in [0.25, 0.3) is 8.32 Å². The van der Waals surface area contributed by atoms with Gasteiger partial charge in [-0.3, -0.25) is 0 Å². The third kappa shape index (κ3) is 5.28. The van der Waals surface area contributed by atoms with E-state index >= 15 is 0 Å². The Balaban J connectivity index is 2.27. The van der Waals surface area contributed by atoms with Crippen LogP contribution in [0.1, 0.15) is 33.6 Å². The number of esters is 1. The summed E-state index contributed by atoms with van der Waals surface area (Å²) in [6.07, 6.45) is 1.72. The second-order valence-corrected chi connectivity index (χ2v) is 12.8. The van der Waals surface area contributed by atoms with Gasteiger partial charge in [0.05, 0.1) is 7.11 Å². The monoisotopic (exact) mass is 426 g/mol. The predicted molar refractivity (Wildman–Crippen MR) is 125 cm³/mol. The number of hydrogen-bond acceptors (Lipinski definition) is 4. The van der Waals surface area contributed by atoms with E-state index in [2.05, 4.69) is 80.6 Å². The van der Waals surface area contributed by atoms with Crippen molar-refractivity contribution in [2.75, 3.05) is 13.7 Å². The van der Waals surface area contributed by atoms with Crippen LogP contribution < -0.4 is 10.4 Å². The third-order valence-electron chi connectivity index (χ3n) is 5.57. The Morgan fingerprint density at radius 1 is 1.07 bits per heavy atom. The molecular formula is C25H34O4Si. The van der Waals surface area contributed by atoms with E-state index in [9.17, 15) is 9.90 Å². The quantitative estimate of drug-likeness (QED) is 0.273. The standard InChI is InChI=1S/C25H34O4Si/c1-6-20(23(26)24(27)28-5)14-13-19-29-30(25(2,3)4,21-15-9-7-10-16-21)22-17-11-8-12-18-22/h6-12,15-18,20,23,26H,1,13-14,19H2,2-5H3. The van der Waals surface area contributed by atoms with E-state index in [1.165, 1.54) is 17.5 Å². The Kier molecular flexibility index (Phi) is 8.59. The van der Waals surface area contributed by atoms with Crippen LogP contribution in [0.15, 0.2) is 73.3 Å². The first kappa shape index (κ1) is 24.1. The molecule has 2 rings (SSSR count). The summed E-state index contributed by atoms with van der Waals surface area (Å²) in [7, 11) is -1.29. The molecule has 0 radical (unpaired) electrons. The van der Waals surface area contributed by atoms with Crippen LogP contribution in [0.3, 0.4) is 0 Å². The molecule has 4 nitrogen and oxygen atoms in total. The predicted octanol–water partition coefficient (Wildman–Crippen LogP) is 3.68. The maximum absolute atomic E-state index is 11.7. The van der Waals surface area contributed by atoms with Crippen molar-refractivity contribution in [2.45, 2.75) is 44.8 Å². The maximum atomic E-state index is 11.7. The van der Waals surface area contributed by atoms with Crippen LogP contribution in [-0.2, 0) is 14.0 Å². The van der Waals surface area contributed by atoms with Gasteiger partial charge in [0.15, 0.2) is 6.10 Å². The van der Waals surface area contributed by atoms with E-state index in [1.54, 1.807) is 6.08 Å². The van der Waals surface area contributed by atoms with Gasteiger partial charge in [0, 0.05) is 12.5 Å². The summed E-state index contributed by atoms with van der Waals surface area (Å²) in [6.45, 7) is 11.0. The van der Waals surface area contributed by atoms with Crippen molar-refractivity contribution >= 4 is 24.7 Å². The molecule has 0 aliphatic heterocycles. The molecule has 2 unspecified atom stereocenters. The molecular weight excluding hydrogens is 392 g/mol. The minimum atomic E-state index is -2.57. The zero-order valence-electron chi connectivity index (χ0n) is 18.5. The molecule has 0 spiro atoms. The van der Waals surface area contributed by atoms with Crippen molar-refractivity contribution in [3.8, 4) is 0 Å². The zero-order valence-corrected chi connectivity index (χ0v) is 19.5. The van der Waals surface area contributed by atoms with Crippen LogP contribution in [-0.4, -0.2) is 39.2 Å². The summed E-state index contributed by atoms with van der Waals surface area (Å²) in [4.78, 5) is 11.7. The Bertz CT molecular complexity index is 759. The molecule has 0 aliphatic rings. The summed E-state index contributed by atoms with van der Waals surface area (Å²) >= 11 is 0. The van der Waals surface area contributed by atoms with E-state index in [0.717, 1.165) is 0 Å². The number of ether oxygens (including phenoxy) is 1. The highest BCUT2D eigenvalue weighted by Gasteiger charge is 2.49. The van der Waals surface area contributed by atoms with Crippen LogP contribution in [0.2, 0.25) is 5.04 Å². The van der Waals surface area contributed by atoms with Crippen molar-refractivity contribution in [3.05, 3.63) is 73.3 Å². The van der Waals surface area contributed by atoms with Crippen LogP contribution in [0.4, 0.5) is 0 Å². The summed E-state index contributed by atoms with van der Waals surface area (Å²) in [5, 5.41) is 12.5. The summed E-state index contributed by atoms with van der Waals surface area (Å²) in [6, 6.07) is 21.0. The number of rotatable bonds is 10. The van der Waals surface area contributed by atoms with E-state index in [4.69, 9.17) is 4.43 Å². The van der Waals surface area contributed by atoms with E-state index in [1.807, 2.05) is 12.1 Å². The number of aliphatic hydroxyl groups excluding tert-OH is 1. The maximum Gasteiger partial charge on any atom is 0.335 e. The number of methoxy groups -OCH3 is 1. The first-order valence-corrected chi connectivity index (χ1v) is 12.3. The SMILES string of the molecule is C=CC(CCCO[Si](c1ccccc1)(c1ccccc1)C(C)(C)C)C(O)C(=O)OC. The fraction of sp³-hybridized carbons (Fsp3) is 0.400. The highest BCUT2D eigenvalue weighted by atomic mass is 28.4. The van der Waals surface area contributed by atoms with Crippen LogP contribution in [0, 0.1) is 5.92 Å². The molecule has 30 heavy (non-hydrogen) atoms. The number of hydrogen-bond donors (Lipinski definition) is 1. The number of carbonyl (C=O) groups is 1. The first-order valence-electron chi connectivity index (χ1n) is 10.4. The van der Waals surface area contributed by atoms with Crippen molar-refractivity contribution in [1.82, 2.24) is 0 Å². The molecule has 0 aliphatic carbocycles. The van der Waals surface area contributed by atoms with Crippen LogP contribution in [0.25, 0.3) is 0 Å². The van der Waals surface area contributed by atoms with Crippen molar-refractivity contribution in [2.24, 2.45) is 5.92 Å². The minimum Gasteiger partial charge on any atom is -0.467 e. The van der Waals surface area contributed by atoms with Gasteiger partial charge < -0.3 is 14.3 Å². The normalized spacial score (nSPS) is 14.0. The third-order valence-corrected chi connectivity index (χ3v) is 10.6. The largest absolute Gasteiger partial charge is 0.467 e. The molecule has 2 aromatic rings. The highest BCUT2D eigenvalue weighted by molar-refractivity contribution is 6.99. The molecule has 0 aromatic heterocycles. The fourth-order valence-corrected chi connectivity index (χ4v) is 8.61. The number of aliphatic hydroxyl groups is 1. The molecule has 0 bridgehead atoms. The van der Waals surface area contributed by atoms with Crippen molar-refractivity contribution in [1.29, 1.82) is 0 Å². The summed E-state index contributed by atoms with van der Waals surface area (Å²) in [5.41, 5.74) is 0. The van der Waals surface area contributed by atoms with Crippen molar-refractivity contribution in [3.63, 3.8) is 0 Å². The second kappa shape index (κ2) is 10.7. The highest BCUT2D eigenvalue weighted by Crippen LogP contribution is 2.36. The lowest BCUT2D eigenvalue weighted by Crippen LogP contribution is -2.66. The van der Waals surface area contributed by atoms with Gasteiger partial charge in [0.1, 0.15) is 0 Å². The van der Waals surface area contributed by atoms with Crippen LogP contribution >= 0.6 is 0 Å². The average molecular weight is 427 g/mol. The van der Waals surface area contributed by atoms with Gasteiger partial charge in [-0.25, -0.2) is 4.79 Å². The Hall–Kier alpha value is -2.21. The molecule has 0 fully saturated rings. The topological polar surface area (TPSA) is 55.8 Å². The lowest BCUT2D eigenvalue weighted by molar-refractivity contribution is -0.152. The van der Waals surface area contributed by atoms with Crippen molar-refractivity contribution < 1.29 is 19.1 Å². The molecule has 1 N–H and O–H groups in total. The van der Waals surface area contributed by atoms with Gasteiger partial charge in [0.2, 0.25) is 0 Å². The van der Waals surface area contributed by atoms with E-state index in [-0.39, 0.29) is 11.0 Å². The van der Waals surface area contributed by atoms with E-state index < -0.39 is 20.4 Å². The second-order valence-electron chi connectivity index (χ2n) is 8.52. The molecule has 0 amide bonds. The number of benzene rings is 2. The van der Waals surface area contributed by atoms with Crippen LogP contribution in [0.5, 0.6) is 0 Å². The van der Waals surface area contributed by atoms with Gasteiger partial charge in [-0.15, -0.1) is 6.58 Å². The van der Waals surface area contributed by atoms with E-state index in [0.29, 0.717) is 19.4 Å². The van der Waals surface area contributed by atoms with Gasteiger partial charge in [-0.05, 0) is 28.3 Å². The molecule has 2 aromatic carbocycles. The average Bonchev–Trinajstić information content (AvgIpc) is 2.75. The first-order chi connectivity index (χ1) is 14.3. The van der Waals surface area contributed by atoms with Gasteiger partial charge >= 0.3 is 5.97 Å². The van der Waals surface area contributed by atoms with Gasteiger partial charge in [-0.1, -0.05) is 87.5 Å².